The average Bonchev–Trinajstić information content (AvgIpc) is 3.18. The van der Waals surface area contributed by atoms with Crippen molar-refractivity contribution in [1.82, 2.24) is 10.6 Å². The Kier molecular flexibility index (Phi) is 4.14. The van der Waals surface area contributed by atoms with E-state index in [4.69, 9.17) is 0 Å². The van der Waals surface area contributed by atoms with Crippen LogP contribution in [0.15, 0.2) is 35.0 Å². The van der Waals surface area contributed by atoms with Crippen molar-refractivity contribution in [2.24, 2.45) is 5.92 Å². The van der Waals surface area contributed by atoms with Gasteiger partial charge in [-0.25, -0.2) is 4.79 Å². The van der Waals surface area contributed by atoms with Gasteiger partial charge in [0.1, 0.15) is 5.92 Å². The average molecular weight is 376 g/mol. The predicted molar refractivity (Wildman–Crippen MR) is 81.9 cm³/mol. The molecule has 0 aliphatic carbocycles. The molecule has 2 amide bonds. The summed E-state index contributed by atoms with van der Waals surface area (Å²) in [6, 6.07) is 3.52. The smallest absolute Gasteiger partial charge is 0.363 e. The van der Waals surface area contributed by atoms with E-state index >= 15 is 0 Å². The fraction of sp³-hybridized carbons (Fsp3) is 0.286. The van der Waals surface area contributed by atoms with Gasteiger partial charge >= 0.3 is 12.2 Å². The molecule has 3 heterocycles. The van der Waals surface area contributed by atoms with E-state index in [0.29, 0.717) is 4.88 Å². The topological polar surface area (TPSA) is 78.4 Å². The number of rotatable bonds is 3. The highest BCUT2D eigenvalue weighted by molar-refractivity contribution is 7.12. The normalized spacial score (nSPS) is 27.4. The van der Waals surface area contributed by atoms with Crippen molar-refractivity contribution in [1.29, 1.82) is 0 Å². The molecule has 5 nitrogen and oxygen atoms in total. The number of hydrogen-bond acceptors (Lipinski definition) is 5. The minimum atomic E-state index is -5.22. The molecule has 0 radical (unpaired) electrons. The number of hydrogen-bond donors (Lipinski definition) is 3. The Balaban J connectivity index is 2.13. The molecule has 24 heavy (non-hydrogen) atoms. The van der Waals surface area contributed by atoms with E-state index in [2.05, 4.69) is 5.32 Å². The maximum Gasteiger partial charge on any atom is 0.437 e. The third-order valence-corrected chi connectivity index (χ3v) is 5.54. The lowest BCUT2D eigenvalue weighted by atomic mass is 9.81. The van der Waals surface area contributed by atoms with Crippen molar-refractivity contribution in [2.75, 3.05) is 0 Å². The summed E-state index contributed by atoms with van der Waals surface area (Å²) in [4.78, 5) is 24.8. The van der Waals surface area contributed by atoms with Gasteiger partial charge in [-0.05, 0) is 22.9 Å². The summed E-state index contributed by atoms with van der Waals surface area (Å²) < 4.78 is 40.6. The third kappa shape index (κ3) is 2.70. The lowest BCUT2D eigenvalue weighted by Crippen LogP contribution is -2.72. The molecule has 1 aliphatic rings. The molecule has 3 rings (SSSR count). The molecule has 128 valence electrons. The standard InChI is InChI=1S/C14H11F3N2O3S2/c15-14(16,17)13(22)9(11(20)8-4-2-6-24-8)10(18-12(21)19-13)7-3-1-5-23-7/h1-6,9-10,22H,(H2,18,19,21)/t9-,10-,13-/m1/s1. The first-order valence-electron chi connectivity index (χ1n) is 6.73. The maximum absolute atomic E-state index is 13.5. The summed E-state index contributed by atoms with van der Waals surface area (Å²) in [5, 5.41) is 17.2. The van der Waals surface area contributed by atoms with Crippen LogP contribution in [0.5, 0.6) is 0 Å². The van der Waals surface area contributed by atoms with Gasteiger partial charge in [-0.1, -0.05) is 12.1 Å². The van der Waals surface area contributed by atoms with E-state index < -0.39 is 35.7 Å². The van der Waals surface area contributed by atoms with Gasteiger partial charge in [-0.15, -0.1) is 22.7 Å². The summed E-state index contributed by atoms with van der Waals surface area (Å²) in [5.74, 6) is -2.84. The number of thiophene rings is 2. The molecule has 3 N–H and O–H groups in total. The van der Waals surface area contributed by atoms with Crippen LogP contribution in [0, 0.1) is 5.92 Å². The lowest BCUT2D eigenvalue weighted by molar-refractivity contribution is -0.287. The zero-order valence-electron chi connectivity index (χ0n) is 11.8. The molecular formula is C14H11F3N2O3S2. The zero-order chi connectivity index (χ0) is 17.5. The van der Waals surface area contributed by atoms with Crippen molar-refractivity contribution in [3.63, 3.8) is 0 Å². The molecule has 1 fully saturated rings. The van der Waals surface area contributed by atoms with E-state index in [1.165, 1.54) is 23.5 Å². The molecule has 0 aromatic carbocycles. The Labute approximate surface area is 142 Å². The lowest BCUT2D eigenvalue weighted by Gasteiger charge is -2.44. The minimum absolute atomic E-state index is 0.0715. The van der Waals surface area contributed by atoms with Gasteiger partial charge in [0.05, 0.1) is 10.9 Å². The van der Waals surface area contributed by atoms with E-state index in [1.54, 1.807) is 16.8 Å². The molecule has 0 saturated carbocycles. The van der Waals surface area contributed by atoms with Crippen LogP contribution in [0.3, 0.4) is 0 Å². The first kappa shape index (κ1) is 16.9. The van der Waals surface area contributed by atoms with Gasteiger partial charge in [-0.3, -0.25) is 4.79 Å². The van der Waals surface area contributed by atoms with Crippen LogP contribution in [0.4, 0.5) is 18.0 Å². The number of urea groups is 1. The number of alkyl halides is 3. The van der Waals surface area contributed by atoms with Gasteiger partial charge in [0.25, 0.3) is 0 Å². The molecule has 2 aromatic rings. The SMILES string of the molecule is O=C1N[C@H](c2cccs2)[C@H](C(=O)c2cccs2)[C@@](O)(C(F)(F)F)N1. The minimum Gasteiger partial charge on any atom is -0.363 e. The maximum atomic E-state index is 13.5. The van der Waals surface area contributed by atoms with Crippen LogP contribution < -0.4 is 10.6 Å². The molecule has 0 unspecified atom stereocenters. The van der Waals surface area contributed by atoms with Crippen molar-refractivity contribution in [3.05, 3.63) is 44.8 Å². The Morgan fingerprint density at radius 1 is 1.21 bits per heavy atom. The zero-order valence-corrected chi connectivity index (χ0v) is 13.5. The fourth-order valence-electron chi connectivity index (χ4n) is 2.62. The second kappa shape index (κ2) is 5.87. The molecule has 1 aliphatic heterocycles. The van der Waals surface area contributed by atoms with Crippen LogP contribution >= 0.6 is 22.7 Å². The monoisotopic (exact) mass is 376 g/mol. The summed E-state index contributed by atoms with van der Waals surface area (Å²) in [7, 11) is 0. The van der Waals surface area contributed by atoms with Crippen molar-refractivity contribution < 1.29 is 27.9 Å². The first-order chi connectivity index (χ1) is 11.2. The Hall–Kier alpha value is -1.91. The molecule has 0 spiro atoms. The van der Waals surface area contributed by atoms with Crippen molar-refractivity contribution >= 4 is 34.5 Å². The Bertz CT molecular complexity index is 746. The number of carbonyl (C=O) groups is 2. The molecular weight excluding hydrogens is 365 g/mol. The summed E-state index contributed by atoms with van der Waals surface area (Å²) in [6.45, 7) is 0. The van der Waals surface area contributed by atoms with Gasteiger partial charge in [-0.2, -0.15) is 13.2 Å². The van der Waals surface area contributed by atoms with E-state index in [9.17, 15) is 27.9 Å². The van der Waals surface area contributed by atoms with Crippen LogP contribution in [-0.4, -0.2) is 28.8 Å². The quantitative estimate of drug-likeness (QED) is 0.721. The number of carbonyl (C=O) groups excluding carboxylic acids is 2. The van der Waals surface area contributed by atoms with Crippen LogP contribution in [0.1, 0.15) is 20.6 Å². The molecule has 0 bridgehead atoms. The number of halogens is 3. The summed E-state index contributed by atoms with van der Waals surface area (Å²) >= 11 is 2.06. The van der Waals surface area contributed by atoms with Crippen molar-refractivity contribution in [3.8, 4) is 0 Å². The van der Waals surface area contributed by atoms with E-state index in [-0.39, 0.29) is 4.88 Å². The highest BCUT2D eigenvalue weighted by Crippen LogP contribution is 2.45. The first-order valence-corrected chi connectivity index (χ1v) is 8.49. The van der Waals surface area contributed by atoms with Gasteiger partial charge in [0, 0.05) is 4.88 Å². The van der Waals surface area contributed by atoms with Gasteiger partial charge in [0.2, 0.25) is 5.72 Å². The van der Waals surface area contributed by atoms with E-state index in [1.807, 2.05) is 0 Å². The predicted octanol–water partition coefficient (Wildman–Crippen LogP) is 2.91. The second-order valence-corrected chi connectivity index (χ2v) is 7.10. The van der Waals surface area contributed by atoms with Crippen molar-refractivity contribution in [2.45, 2.75) is 17.9 Å². The molecule has 3 atom stereocenters. The largest absolute Gasteiger partial charge is 0.437 e. The van der Waals surface area contributed by atoms with Crippen LogP contribution in [0.2, 0.25) is 0 Å². The highest BCUT2D eigenvalue weighted by Gasteiger charge is 2.66. The number of ketones is 1. The van der Waals surface area contributed by atoms with Gasteiger partial charge < -0.3 is 15.7 Å². The summed E-state index contributed by atoms with van der Waals surface area (Å²) in [5.41, 5.74) is -3.66. The Morgan fingerprint density at radius 3 is 2.42 bits per heavy atom. The number of nitrogens with one attached hydrogen (secondary N) is 2. The Morgan fingerprint density at radius 2 is 1.88 bits per heavy atom. The summed E-state index contributed by atoms with van der Waals surface area (Å²) in [6.07, 6.45) is -5.22. The fourth-order valence-corrected chi connectivity index (χ4v) is 4.13. The molecule has 10 heteroatoms. The second-order valence-electron chi connectivity index (χ2n) is 5.17. The van der Waals surface area contributed by atoms with E-state index in [0.717, 1.165) is 22.7 Å². The number of aliphatic hydroxyl groups is 1. The highest BCUT2D eigenvalue weighted by atomic mass is 32.1. The molecule has 1 saturated heterocycles. The van der Waals surface area contributed by atoms with Crippen LogP contribution in [-0.2, 0) is 0 Å². The third-order valence-electron chi connectivity index (χ3n) is 3.70. The number of amides is 2. The van der Waals surface area contributed by atoms with Gasteiger partial charge in [0.15, 0.2) is 5.78 Å². The number of Topliss-reactive ketones (excluding diaryl/α,β-unsaturated/α-hetero) is 1. The molecule has 2 aromatic heterocycles. The van der Waals surface area contributed by atoms with Crippen LogP contribution in [0.25, 0.3) is 0 Å².